The summed E-state index contributed by atoms with van der Waals surface area (Å²) in [6, 6.07) is 4.73. The molecule has 14 heavy (non-hydrogen) atoms. The molecule has 0 spiro atoms. The number of fused-ring (bicyclic) bond motifs is 1. The molecule has 0 unspecified atom stereocenters. The van der Waals surface area contributed by atoms with Crippen molar-refractivity contribution in [3.05, 3.63) is 28.9 Å². The second-order valence-electron chi connectivity index (χ2n) is 3.12. The van der Waals surface area contributed by atoms with E-state index in [2.05, 4.69) is 0 Å². The molecule has 0 amide bonds. The van der Waals surface area contributed by atoms with Gasteiger partial charge in [-0.3, -0.25) is 0 Å². The molecular weight excluding hydrogens is 202 g/mol. The Morgan fingerprint density at radius 1 is 1.36 bits per heavy atom. The van der Waals surface area contributed by atoms with Crippen molar-refractivity contribution in [3.8, 4) is 0 Å². The lowest BCUT2D eigenvalue weighted by Crippen LogP contribution is -2.31. The third-order valence-corrected chi connectivity index (χ3v) is 3.15. The minimum absolute atomic E-state index is 0.257. The van der Waals surface area contributed by atoms with E-state index in [1.165, 1.54) is 6.07 Å². The summed E-state index contributed by atoms with van der Waals surface area (Å²) in [6.07, 6.45) is 0. The van der Waals surface area contributed by atoms with E-state index in [1.807, 2.05) is 0 Å². The normalized spacial score (nSPS) is 10.9. The summed E-state index contributed by atoms with van der Waals surface area (Å²) in [5.41, 5.74) is 1.15. The Morgan fingerprint density at radius 3 is 2.71 bits per heavy atom. The van der Waals surface area contributed by atoms with Crippen molar-refractivity contribution in [2.24, 2.45) is 0 Å². The summed E-state index contributed by atoms with van der Waals surface area (Å²) in [6.45, 7) is 1.75. The van der Waals surface area contributed by atoms with E-state index in [-0.39, 0.29) is 5.13 Å². The second kappa shape index (κ2) is 3.35. The van der Waals surface area contributed by atoms with Crippen LogP contribution in [0.3, 0.4) is 0 Å². The van der Waals surface area contributed by atoms with Crippen LogP contribution in [0.5, 0.6) is 0 Å². The molecule has 2 aromatic rings. The first-order chi connectivity index (χ1) is 6.59. The highest BCUT2D eigenvalue weighted by Crippen LogP contribution is 2.25. The second-order valence-corrected chi connectivity index (χ2v) is 4.15. The van der Waals surface area contributed by atoms with Crippen molar-refractivity contribution in [3.63, 3.8) is 0 Å². The lowest BCUT2D eigenvalue weighted by atomic mass is 9.76. The van der Waals surface area contributed by atoms with Crippen LogP contribution in [0.2, 0.25) is 0 Å². The minimum Gasteiger partial charge on any atom is -0.423 e. The third-order valence-electron chi connectivity index (χ3n) is 2.26. The van der Waals surface area contributed by atoms with Gasteiger partial charge in [0.1, 0.15) is 0 Å². The van der Waals surface area contributed by atoms with E-state index >= 15 is 0 Å². The van der Waals surface area contributed by atoms with Crippen molar-refractivity contribution in [2.45, 2.75) is 6.92 Å². The van der Waals surface area contributed by atoms with Crippen molar-refractivity contribution in [1.82, 2.24) is 0 Å². The van der Waals surface area contributed by atoms with Gasteiger partial charge in [0.05, 0.1) is 0 Å². The summed E-state index contributed by atoms with van der Waals surface area (Å²) in [5.74, 6) is 0. The van der Waals surface area contributed by atoms with E-state index in [0.717, 1.165) is 27.0 Å². The van der Waals surface area contributed by atoms with Gasteiger partial charge in [-0.1, -0.05) is 6.07 Å². The van der Waals surface area contributed by atoms with E-state index < -0.39 is 7.12 Å². The molecule has 0 saturated heterocycles. The maximum atomic E-state index is 12.9. The molecule has 72 valence electrons. The number of hydrogen-bond acceptors (Lipinski definition) is 3. The molecule has 2 N–H and O–H groups in total. The van der Waals surface area contributed by atoms with Gasteiger partial charge in [-0.2, -0.15) is 4.39 Å². The van der Waals surface area contributed by atoms with Gasteiger partial charge in [0, 0.05) is 4.70 Å². The van der Waals surface area contributed by atoms with E-state index in [9.17, 15) is 4.39 Å². The molecule has 2 nitrogen and oxygen atoms in total. The Bertz CT molecular complexity index is 481. The van der Waals surface area contributed by atoms with Crippen LogP contribution in [-0.4, -0.2) is 17.2 Å². The van der Waals surface area contributed by atoms with Gasteiger partial charge in [0.15, 0.2) is 5.13 Å². The Balaban J connectivity index is 2.74. The summed E-state index contributed by atoms with van der Waals surface area (Å²) < 4.78 is 13.8. The first-order valence-electron chi connectivity index (χ1n) is 4.14. The maximum absolute atomic E-state index is 12.9. The average molecular weight is 210 g/mol. The average Bonchev–Trinajstić information content (AvgIpc) is 2.46. The fourth-order valence-corrected chi connectivity index (χ4v) is 2.36. The summed E-state index contributed by atoms with van der Waals surface area (Å²) in [4.78, 5) is 0. The predicted octanol–water partition coefficient (Wildman–Crippen LogP) is 1.03. The maximum Gasteiger partial charge on any atom is 0.488 e. The quantitative estimate of drug-likeness (QED) is 0.690. The zero-order valence-corrected chi connectivity index (χ0v) is 8.31. The molecule has 1 aromatic heterocycles. The molecule has 0 bridgehead atoms. The SMILES string of the molecule is Cc1c(B(O)O)ccc2sc(F)cc12. The topological polar surface area (TPSA) is 40.5 Å². The van der Waals surface area contributed by atoms with Crippen LogP contribution < -0.4 is 5.46 Å². The number of thiophene rings is 1. The van der Waals surface area contributed by atoms with Gasteiger partial charge in [-0.15, -0.1) is 11.3 Å². The molecule has 0 aliphatic carbocycles. The molecule has 0 aliphatic rings. The van der Waals surface area contributed by atoms with Crippen LogP contribution >= 0.6 is 11.3 Å². The Labute approximate surface area is 84.8 Å². The summed E-state index contributed by atoms with van der Waals surface area (Å²) in [5, 5.41) is 18.6. The van der Waals surface area contributed by atoms with Gasteiger partial charge >= 0.3 is 7.12 Å². The highest BCUT2D eigenvalue weighted by molar-refractivity contribution is 7.17. The third kappa shape index (κ3) is 1.43. The number of halogens is 1. The first-order valence-corrected chi connectivity index (χ1v) is 4.96. The molecule has 0 radical (unpaired) electrons. The first kappa shape index (κ1) is 9.64. The fourth-order valence-electron chi connectivity index (χ4n) is 1.52. The number of aryl methyl sites for hydroxylation is 1. The smallest absolute Gasteiger partial charge is 0.423 e. The van der Waals surface area contributed by atoms with Crippen molar-refractivity contribution < 1.29 is 14.4 Å². The largest absolute Gasteiger partial charge is 0.488 e. The molecule has 1 aromatic carbocycles. The highest BCUT2D eigenvalue weighted by Gasteiger charge is 2.16. The van der Waals surface area contributed by atoms with Crippen LogP contribution in [0.25, 0.3) is 10.1 Å². The zero-order valence-electron chi connectivity index (χ0n) is 7.49. The zero-order chi connectivity index (χ0) is 10.3. The van der Waals surface area contributed by atoms with Crippen LogP contribution in [0, 0.1) is 12.1 Å². The van der Waals surface area contributed by atoms with Crippen molar-refractivity contribution in [1.29, 1.82) is 0 Å². The van der Waals surface area contributed by atoms with Crippen LogP contribution in [-0.2, 0) is 0 Å². The molecule has 0 atom stereocenters. The minimum atomic E-state index is -1.50. The van der Waals surface area contributed by atoms with Crippen molar-refractivity contribution in [2.75, 3.05) is 0 Å². The van der Waals surface area contributed by atoms with Gasteiger partial charge in [0.2, 0.25) is 0 Å². The Morgan fingerprint density at radius 2 is 2.07 bits per heavy atom. The number of rotatable bonds is 1. The monoisotopic (exact) mass is 210 g/mol. The highest BCUT2D eigenvalue weighted by atomic mass is 32.1. The molecule has 0 saturated carbocycles. The Kier molecular flexibility index (Phi) is 2.30. The van der Waals surface area contributed by atoms with Gasteiger partial charge in [-0.05, 0) is 35.5 Å². The van der Waals surface area contributed by atoms with Gasteiger partial charge < -0.3 is 10.0 Å². The van der Waals surface area contributed by atoms with E-state index in [4.69, 9.17) is 10.0 Å². The number of benzene rings is 1. The number of hydrogen-bond donors (Lipinski definition) is 2. The molecule has 1 heterocycles. The van der Waals surface area contributed by atoms with Crippen LogP contribution in [0.4, 0.5) is 4.39 Å². The standard InChI is InChI=1S/C9H8BFO2S/c1-5-6-4-9(11)14-8(6)3-2-7(5)10(12)13/h2-4,12-13H,1H3. The molecule has 0 fully saturated rings. The lowest BCUT2D eigenvalue weighted by Gasteiger charge is -2.04. The molecule has 0 aliphatic heterocycles. The fraction of sp³-hybridized carbons (Fsp3) is 0.111. The van der Waals surface area contributed by atoms with Crippen LogP contribution in [0.15, 0.2) is 18.2 Å². The summed E-state index contributed by atoms with van der Waals surface area (Å²) >= 11 is 1.06. The molecule has 2 rings (SSSR count). The van der Waals surface area contributed by atoms with Crippen molar-refractivity contribution >= 4 is 34.0 Å². The predicted molar refractivity (Wildman–Crippen MR) is 56.3 cm³/mol. The van der Waals surface area contributed by atoms with Gasteiger partial charge in [0.25, 0.3) is 0 Å². The summed E-state index contributed by atoms with van der Waals surface area (Å²) in [7, 11) is -1.50. The molecular formula is C9H8BFO2S. The Hall–Kier alpha value is -0.905. The molecule has 5 heteroatoms. The van der Waals surface area contributed by atoms with E-state index in [0.29, 0.717) is 5.46 Å². The lowest BCUT2D eigenvalue weighted by molar-refractivity contribution is 0.425. The van der Waals surface area contributed by atoms with Crippen LogP contribution in [0.1, 0.15) is 5.56 Å². The van der Waals surface area contributed by atoms with E-state index in [1.54, 1.807) is 19.1 Å². The van der Waals surface area contributed by atoms with Gasteiger partial charge in [-0.25, -0.2) is 0 Å².